The lowest BCUT2D eigenvalue weighted by Crippen LogP contribution is -2.51. The molecular weight excluding hydrogens is 354 g/mol. The summed E-state index contributed by atoms with van der Waals surface area (Å²) in [5.74, 6) is 4.52. The Morgan fingerprint density at radius 3 is 2.62 bits per heavy atom. The van der Waals surface area contributed by atoms with E-state index in [4.69, 9.17) is 0 Å². The van der Waals surface area contributed by atoms with Crippen molar-refractivity contribution in [2.45, 2.75) is 97.5 Å². The molecule has 0 aromatic carbocycles. The molecule has 164 valence electrons. The van der Waals surface area contributed by atoms with Gasteiger partial charge in [0, 0.05) is 6.54 Å². The third kappa shape index (κ3) is 3.36. The molecule has 0 bridgehead atoms. The van der Waals surface area contributed by atoms with E-state index in [-0.39, 0.29) is 6.10 Å². The lowest BCUT2D eigenvalue weighted by atomic mass is 9.47. The monoisotopic (exact) mass is 399 g/mol. The maximum absolute atomic E-state index is 10.2. The minimum atomic E-state index is -0.0776. The standard InChI is InChI=1S/C27H45NO/c1-19(18-28-15-5-4-6-16-28)23-9-10-24-22-8-7-20-17-21(29)11-13-26(20,2)25(22)12-14-27(23,24)3/h7,19,21-25,29H,4-6,8-18H2,1-3H3/t19-,21+,22+,23-,24+,25+,26+,27-/m1/s1. The van der Waals surface area contributed by atoms with Gasteiger partial charge in [-0.3, -0.25) is 0 Å². The van der Waals surface area contributed by atoms with Crippen LogP contribution in [0.3, 0.4) is 0 Å². The Hall–Kier alpha value is -0.340. The summed E-state index contributed by atoms with van der Waals surface area (Å²) < 4.78 is 0. The number of likely N-dealkylation sites (tertiary alicyclic amines) is 1. The SMILES string of the molecule is C[C@H](CN1CCCCC1)[C@H]1CC[C@H]2[C@@H]3CC=C4C[C@@H](O)CC[C@]4(C)[C@H]3CC[C@]12C. The van der Waals surface area contributed by atoms with E-state index >= 15 is 0 Å². The van der Waals surface area contributed by atoms with Gasteiger partial charge in [0.1, 0.15) is 0 Å². The Kier molecular flexibility index (Phi) is 5.43. The number of hydrogen-bond donors (Lipinski definition) is 1. The van der Waals surface area contributed by atoms with E-state index in [0.717, 1.165) is 42.4 Å². The second kappa shape index (κ2) is 7.66. The molecule has 3 saturated carbocycles. The number of allylic oxidation sites excluding steroid dienone is 1. The van der Waals surface area contributed by atoms with Crippen LogP contribution in [-0.4, -0.2) is 35.7 Å². The largest absolute Gasteiger partial charge is 0.393 e. The van der Waals surface area contributed by atoms with Crippen molar-refractivity contribution >= 4 is 0 Å². The molecule has 5 rings (SSSR count). The van der Waals surface area contributed by atoms with Crippen molar-refractivity contribution < 1.29 is 5.11 Å². The van der Waals surface area contributed by atoms with Crippen LogP contribution in [0.1, 0.15) is 91.4 Å². The summed E-state index contributed by atoms with van der Waals surface area (Å²) in [5.41, 5.74) is 2.59. The van der Waals surface area contributed by atoms with Gasteiger partial charge in [-0.1, -0.05) is 38.8 Å². The fourth-order valence-corrected chi connectivity index (χ4v) is 9.29. The molecule has 8 atom stereocenters. The third-order valence-corrected chi connectivity index (χ3v) is 10.8. The zero-order valence-electron chi connectivity index (χ0n) is 19.3. The van der Waals surface area contributed by atoms with Crippen LogP contribution >= 0.6 is 0 Å². The van der Waals surface area contributed by atoms with E-state index in [2.05, 4.69) is 31.7 Å². The maximum Gasteiger partial charge on any atom is 0.0577 e. The fourth-order valence-electron chi connectivity index (χ4n) is 9.29. The van der Waals surface area contributed by atoms with Crippen molar-refractivity contribution in [2.24, 2.45) is 40.4 Å². The normalized spacial score (nSPS) is 49.0. The van der Waals surface area contributed by atoms with E-state index in [1.54, 1.807) is 5.57 Å². The number of nitrogens with zero attached hydrogens (tertiary/aromatic N) is 1. The quantitative estimate of drug-likeness (QED) is 0.584. The topological polar surface area (TPSA) is 23.5 Å². The van der Waals surface area contributed by atoms with Crippen molar-refractivity contribution in [1.29, 1.82) is 0 Å². The first-order valence-electron chi connectivity index (χ1n) is 13.0. The molecule has 2 nitrogen and oxygen atoms in total. The first-order chi connectivity index (χ1) is 13.9. The second-order valence-electron chi connectivity index (χ2n) is 12.2. The average molecular weight is 400 g/mol. The number of hydrogen-bond acceptors (Lipinski definition) is 2. The van der Waals surface area contributed by atoms with Crippen molar-refractivity contribution in [3.05, 3.63) is 11.6 Å². The van der Waals surface area contributed by atoms with Crippen LogP contribution in [0.5, 0.6) is 0 Å². The Bertz CT molecular complexity index is 636. The van der Waals surface area contributed by atoms with Gasteiger partial charge in [-0.05, 0) is 118 Å². The lowest BCUT2D eigenvalue weighted by Gasteiger charge is -2.58. The number of fused-ring (bicyclic) bond motifs is 5. The molecule has 0 aromatic heterocycles. The number of piperidine rings is 1. The predicted molar refractivity (Wildman–Crippen MR) is 121 cm³/mol. The molecule has 1 aliphatic heterocycles. The Morgan fingerprint density at radius 1 is 1.03 bits per heavy atom. The van der Waals surface area contributed by atoms with E-state index in [0.29, 0.717) is 10.8 Å². The Morgan fingerprint density at radius 2 is 1.83 bits per heavy atom. The van der Waals surface area contributed by atoms with E-state index in [1.165, 1.54) is 77.4 Å². The molecular formula is C27H45NO. The molecule has 29 heavy (non-hydrogen) atoms. The van der Waals surface area contributed by atoms with Gasteiger partial charge in [0.05, 0.1) is 6.10 Å². The molecule has 1 saturated heterocycles. The molecule has 0 aromatic rings. The van der Waals surface area contributed by atoms with Gasteiger partial charge >= 0.3 is 0 Å². The smallest absolute Gasteiger partial charge is 0.0577 e. The van der Waals surface area contributed by atoms with Gasteiger partial charge in [0.2, 0.25) is 0 Å². The number of aliphatic hydroxyl groups excluding tert-OH is 1. The summed E-state index contributed by atoms with van der Waals surface area (Å²) in [6, 6.07) is 0. The van der Waals surface area contributed by atoms with Crippen molar-refractivity contribution in [3.63, 3.8) is 0 Å². The second-order valence-corrected chi connectivity index (χ2v) is 12.2. The fraction of sp³-hybridized carbons (Fsp3) is 0.926. The van der Waals surface area contributed by atoms with E-state index < -0.39 is 0 Å². The number of rotatable bonds is 3. The summed E-state index contributed by atoms with van der Waals surface area (Å²) in [5, 5.41) is 10.2. The van der Waals surface area contributed by atoms with E-state index in [1.807, 2.05) is 0 Å². The summed E-state index contributed by atoms with van der Waals surface area (Å²) in [7, 11) is 0. The highest BCUT2D eigenvalue weighted by atomic mass is 16.3. The summed E-state index contributed by atoms with van der Waals surface area (Å²) in [6.45, 7) is 11.9. The lowest BCUT2D eigenvalue weighted by molar-refractivity contribution is -0.0587. The Labute approximate surface area is 179 Å². The molecule has 0 radical (unpaired) electrons. The molecule has 1 heterocycles. The van der Waals surface area contributed by atoms with Gasteiger partial charge in [-0.2, -0.15) is 0 Å². The van der Waals surface area contributed by atoms with Gasteiger partial charge in [-0.25, -0.2) is 0 Å². The van der Waals surface area contributed by atoms with Crippen LogP contribution in [0.15, 0.2) is 11.6 Å². The van der Waals surface area contributed by atoms with Crippen LogP contribution in [0.4, 0.5) is 0 Å². The first kappa shape index (κ1) is 20.6. The molecule has 0 spiro atoms. The van der Waals surface area contributed by atoms with Crippen LogP contribution in [0.25, 0.3) is 0 Å². The minimum Gasteiger partial charge on any atom is -0.393 e. The van der Waals surface area contributed by atoms with Gasteiger partial charge in [-0.15, -0.1) is 0 Å². The maximum atomic E-state index is 10.2. The first-order valence-corrected chi connectivity index (χ1v) is 13.0. The van der Waals surface area contributed by atoms with Gasteiger partial charge in [0.15, 0.2) is 0 Å². The van der Waals surface area contributed by atoms with Crippen molar-refractivity contribution in [3.8, 4) is 0 Å². The average Bonchev–Trinajstić information content (AvgIpc) is 3.06. The van der Waals surface area contributed by atoms with Gasteiger partial charge < -0.3 is 10.0 Å². The van der Waals surface area contributed by atoms with Crippen LogP contribution in [0, 0.1) is 40.4 Å². The zero-order chi connectivity index (χ0) is 20.2. The van der Waals surface area contributed by atoms with Crippen LogP contribution in [0.2, 0.25) is 0 Å². The highest BCUT2D eigenvalue weighted by Crippen LogP contribution is 2.67. The molecule has 2 heteroatoms. The third-order valence-electron chi connectivity index (χ3n) is 10.8. The van der Waals surface area contributed by atoms with Crippen molar-refractivity contribution in [1.82, 2.24) is 4.90 Å². The molecule has 5 aliphatic rings. The summed E-state index contributed by atoms with van der Waals surface area (Å²) in [6.07, 6.45) is 17.2. The molecule has 4 fully saturated rings. The zero-order valence-corrected chi connectivity index (χ0v) is 19.3. The summed E-state index contributed by atoms with van der Waals surface area (Å²) >= 11 is 0. The molecule has 4 aliphatic carbocycles. The van der Waals surface area contributed by atoms with Crippen LogP contribution < -0.4 is 0 Å². The minimum absolute atomic E-state index is 0.0776. The van der Waals surface area contributed by atoms with Crippen LogP contribution in [-0.2, 0) is 0 Å². The highest BCUT2D eigenvalue weighted by Gasteiger charge is 2.59. The summed E-state index contributed by atoms with van der Waals surface area (Å²) in [4.78, 5) is 2.78. The Balaban J connectivity index is 1.33. The number of aliphatic hydroxyl groups is 1. The molecule has 0 unspecified atom stereocenters. The molecule has 0 amide bonds. The highest BCUT2D eigenvalue weighted by molar-refractivity contribution is 5.25. The van der Waals surface area contributed by atoms with Crippen molar-refractivity contribution in [2.75, 3.05) is 19.6 Å². The molecule has 1 N–H and O–H groups in total. The predicted octanol–water partition coefficient (Wildman–Crippen LogP) is 6.05. The van der Waals surface area contributed by atoms with Gasteiger partial charge in [0.25, 0.3) is 0 Å². The van der Waals surface area contributed by atoms with E-state index in [9.17, 15) is 5.11 Å².